The molecule has 0 amide bonds. The van der Waals surface area contributed by atoms with E-state index in [-0.39, 0.29) is 0 Å². The topological polar surface area (TPSA) is 15.3 Å². The van der Waals surface area contributed by atoms with E-state index in [1.54, 1.807) is 0 Å². The fraction of sp³-hybridized carbons (Fsp3) is 1.00. The van der Waals surface area contributed by atoms with Gasteiger partial charge in [0.25, 0.3) is 0 Å². The summed E-state index contributed by atoms with van der Waals surface area (Å²) in [7, 11) is 0. The summed E-state index contributed by atoms with van der Waals surface area (Å²) >= 11 is 0. The normalized spacial score (nSPS) is 18.9. The van der Waals surface area contributed by atoms with Crippen molar-refractivity contribution in [2.45, 2.75) is 58.5 Å². The molecule has 14 heavy (non-hydrogen) atoms. The van der Waals surface area contributed by atoms with Crippen LogP contribution in [0.5, 0.6) is 0 Å². The van der Waals surface area contributed by atoms with Crippen LogP contribution >= 0.6 is 0 Å². The van der Waals surface area contributed by atoms with Gasteiger partial charge in [-0.1, -0.05) is 20.8 Å². The lowest BCUT2D eigenvalue weighted by molar-refractivity contribution is 0.177. The van der Waals surface area contributed by atoms with Gasteiger partial charge in [-0.25, -0.2) is 0 Å². The van der Waals surface area contributed by atoms with Gasteiger partial charge in [-0.2, -0.15) is 0 Å². The fourth-order valence-electron chi connectivity index (χ4n) is 2.13. The van der Waals surface area contributed by atoms with Gasteiger partial charge in [-0.05, 0) is 38.8 Å². The molecule has 1 saturated carbocycles. The van der Waals surface area contributed by atoms with E-state index in [0.717, 1.165) is 18.6 Å². The van der Waals surface area contributed by atoms with Gasteiger partial charge in [0, 0.05) is 18.6 Å². The summed E-state index contributed by atoms with van der Waals surface area (Å²) < 4.78 is 0. The van der Waals surface area contributed by atoms with Crippen LogP contribution in [0.2, 0.25) is 0 Å². The zero-order valence-electron chi connectivity index (χ0n) is 10.1. The van der Waals surface area contributed by atoms with Gasteiger partial charge in [0.2, 0.25) is 0 Å². The number of hydrogen-bond donors (Lipinski definition) is 1. The molecule has 0 aliphatic heterocycles. The molecule has 0 aromatic rings. The summed E-state index contributed by atoms with van der Waals surface area (Å²) in [6.07, 6.45) is 5.44. The Morgan fingerprint density at radius 1 is 1.29 bits per heavy atom. The van der Waals surface area contributed by atoms with Crippen molar-refractivity contribution in [3.8, 4) is 0 Å². The third-order valence-electron chi connectivity index (χ3n) is 3.07. The standard InChI is InChI=1S/C12H26N2/c1-4-9-14(12-7-8-12)11(5-2)10-13-6-3/h11-13H,4-10H2,1-3H3. The number of rotatable bonds is 8. The maximum atomic E-state index is 3.48. The molecular weight excluding hydrogens is 172 g/mol. The highest BCUT2D eigenvalue weighted by atomic mass is 15.2. The van der Waals surface area contributed by atoms with E-state index in [2.05, 4.69) is 31.0 Å². The molecule has 2 nitrogen and oxygen atoms in total. The van der Waals surface area contributed by atoms with Crippen LogP contribution in [0.3, 0.4) is 0 Å². The summed E-state index contributed by atoms with van der Waals surface area (Å²) in [5.74, 6) is 0. The van der Waals surface area contributed by atoms with Gasteiger partial charge in [0.15, 0.2) is 0 Å². The van der Waals surface area contributed by atoms with Gasteiger partial charge < -0.3 is 5.32 Å². The third-order valence-corrected chi connectivity index (χ3v) is 3.07. The average Bonchev–Trinajstić information content (AvgIpc) is 3.00. The number of hydrogen-bond acceptors (Lipinski definition) is 2. The molecule has 0 radical (unpaired) electrons. The number of nitrogens with one attached hydrogen (secondary N) is 1. The third kappa shape index (κ3) is 3.58. The minimum absolute atomic E-state index is 0.766. The first-order valence-corrected chi connectivity index (χ1v) is 6.29. The Kier molecular flexibility index (Phi) is 5.49. The summed E-state index contributed by atoms with van der Waals surface area (Å²) in [6.45, 7) is 10.3. The maximum absolute atomic E-state index is 3.48. The molecule has 84 valence electrons. The van der Waals surface area contributed by atoms with Crippen molar-refractivity contribution >= 4 is 0 Å². The fourth-order valence-corrected chi connectivity index (χ4v) is 2.13. The Morgan fingerprint density at radius 2 is 2.00 bits per heavy atom. The van der Waals surface area contributed by atoms with Crippen molar-refractivity contribution < 1.29 is 0 Å². The van der Waals surface area contributed by atoms with Crippen molar-refractivity contribution in [3.63, 3.8) is 0 Å². The number of likely N-dealkylation sites (N-methyl/N-ethyl adjacent to an activating group) is 1. The van der Waals surface area contributed by atoms with Crippen molar-refractivity contribution in [1.82, 2.24) is 10.2 Å². The van der Waals surface area contributed by atoms with E-state index in [4.69, 9.17) is 0 Å². The van der Waals surface area contributed by atoms with Gasteiger partial charge >= 0.3 is 0 Å². The molecule has 0 heterocycles. The van der Waals surface area contributed by atoms with Crippen LogP contribution in [0.1, 0.15) is 46.5 Å². The number of nitrogens with zero attached hydrogens (tertiary/aromatic N) is 1. The second-order valence-electron chi connectivity index (χ2n) is 4.34. The lowest BCUT2D eigenvalue weighted by atomic mass is 10.1. The van der Waals surface area contributed by atoms with Crippen LogP contribution < -0.4 is 5.32 Å². The van der Waals surface area contributed by atoms with Crippen LogP contribution in [0.4, 0.5) is 0 Å². The van der Waals surface area contributed by atoms with Gasteiger partial charge in [-0.3, -0.25) is 4.90 Å². The SMILES string of the molecule is CCCN(C1CC1)C(CC)CNCC. The Bertz CT molecular complexity index is 143. The van der Waals surface area contributed by atoms with Crippen molar-refractivity contribution in [3.05, 3.63) is 0 Å². The highest BCUT2D eigenvalue weighted by Crippen LogP contribution is 2.29. The molecular formula is C12H26N2. The molecule has 0 spiro atoms. The Labute approximate surface area is 89.1 Å². The molecule has 0 aromatic carbocycles. The highest BCUT2D eigenvalue weighted by molar-refractivity contribution is 4.88. The van der Waals surface area contributed by atoms with Gasteiger partial charge in [-0.15, -0.1) is 0 Å². The molecule has 1 aliphatic carbocycles. The first kappa shape index (κ1) is 12.0. The van der Waals surface area contributed by atoms with Crippen molar-refractivity contribution in [2.24, 2.45) is 0 Å². The van der Waals surface area contributed by atoms with Gasteiger partial charge in [0.05, 0.1) is 0 Å². The summed E-state index contributed by atoms with van der Waals surface area (Å²) in [5.41, 5.74) is 0. The summed E-state index contributed by atoms with van der Waals surface area (Å²) in [4.78, 5) is 2.72. The van der Waals surface area contributed by atoms with E-state index < -0.39 is 0 Å². The molecule has 0 saturated heterocycles. The maximum Gasteiger partial charge on any atom is 0.0220 e. The van der Waals surface area contributed by atoms with Crippen molar-refractivity contribution in [2.75, 3.05) is 19.6 Å². The van der Waals surface area contributed by atoms with Crippen LogP contribution in [0.15, 0.2) is 0 Å². The molecule has 0 bridgehead atoms. The Balaban J connectivity index is 2.35. The molecule has 0 aromatic heterocycles. The van der Waals surface area contributed by atoms with Crippen LogP contribution in [0, 0.1) is 0 Å². The Hall–Kier alpha value is -0.0800. The minimum atomic E-state index is 0.766. The van der Waals surface area contributed by atoms with E-state index >= 15 is 0 Å². The molecule has 1 rings (SSSR count). The lowest BCUT2D eigenvalue weighted by Gasteiger charge is -2.31. The van der Waals surface area contributed by atoms with Crippen molar-refractivity contribution in [1.29, 1.82) is 0 Å². The largest absolute Gasteiger partial charge is 0.315 e. The summed E-state index contributed by atoms with van der Waals surface area (Å²) in [5, 5.41) is 3.48. The van der Waals surface area contributed by atoms with E-state index in [1.165, 1.54) is 38.8 Å². The van der Waals surface area contributed by atoms with Crippen LogP contribution in [-0.4, -0.2) is 36.6 Å². The minimum Gasteiger partial charge on any atom is -0.315 e. The molecule has 1 atom stereocenters. The van der Waals surface area contributed by atoms with E-state index in [1.807, 2.05) is 0 Å². The first-order chi connectivity index (χ1) is 6.83. The molecule has 1 unspecified atom stereocenters. The molecule has 1 fully saturated rings. The zero-order valence-corrected chi connectivity index (χ0v) is 10.1. The molecule has 1 N–H and O–H groups in total. The highest BCUT2D eigenvalue weighted by Gasteiger charge is 2.32. The van der Waals surface area contributed by atoms with Crippen LogP contribution in [0.25, 0.3) is 0 Å². The smallest absolute Gasteiger partial charge is 0.0220 e. The quantitative estimate of drug-likeness (QED) is 0.643. The predicted octanol–water partition coefficient (Wildman–Crippen LogP) is 2.25. The second kappa shape index (κ2) is 6.41. The van der Waals surface area contributed by atoms with Crippen LogP contribution in [-0.2, 0) is 0 Å². The second-order valence-corrected chi connectivity index (χ2v) is 4.34. The average molecular weight is 198 g/mol. The molecule has 2 heteroatoms. The lowest BCUT2D eigenvalue weighted by Crippen LogP contribution is -2.43. The first-order valence-electron chi connectivity index (χ1n) is 6.29. The zero-order chi connectivity index (χ0) is 10.4. The van der Waals surface area contributed by atoms with E-state index in [9.17, 15) is 0 Å². The van der Waals surface area contributed by atoms with Gasteiger partial charge in [0.1, 0.15) is 0 Å². The monoisotopic (exact) mass is 198 g/mol. The predicted molar refractivity (Wildman–Crippen MR) is 62.6 cm³/mol. The molecule has 1 aliphatic rings. The summed E-state index contributed by atoms with van der Waals surface area (Å²) in [6, 6.07) is 1.68. The Morgan fingerprint density at radius 3 is 2.43 bits per heavy atom. The van der Waals surface area contributed by atoms with E-state index in [0.29, 0.717) is 0 Å².